The molecule has 3 N–H and O–H groups in total. The molecule has 3 aromatic carbocycles. The van der Waals surface area contributed by atoms with Gasteiger partial charge in [-0.05, 0) is 40.6 Å². The normalized spacial score (nSPS) is 12.3. The highest BCUT2D eigenvalue weighted by Crippen LogP contribution is 2.23. The highest BCUT2D eigenvalue weighted by Gasteiger charge is 2.10. The second-order valence-corrected chi connectivity index (χ2v) is 5.05. The number of nitrogens with two attached hydrogens (primary N) is 1. The number of fused-ring (bicyclic) bond motifs is 1. The monoisotopic (exact) mass is 280 g/mol. The summed E-state index contributed by atoms with van der Waals surface area (Å²) in [5.41, 5.74) is 7.71. The Morgan fingerprint density at radius 1 is 0.905 bits per heavy atom. The van der Waals surface area contributed by atoms with Gasteiger partial charge < -0.3 is 11.1 Å². The van der Waals surface area contributed by atoms with E-state index in [0.717, 1.165) is 11.3 Å². The first kappa shape index (κ1) is 13.6. The standard InChI is InChI=1S/C18H17FN2/c19-16-6-3-7-17(11-16)21-18(12-20)15-9-8-13-4-1-2-5-14(13)10-15/h1-11,18,21H,12,20H2. The molecule has 0 aliphatic rings. The predicted octanol–water partition coefficient (Wildman–Crippen LogP) is 4.09. The minimum Gasteiger partial charge on any atom is -0.377 e. The van der Waals surface area contributed by atoms with Crippen LogP contribution in [0.15, 0.2) is 66.7 Å². The van der Waals surface area contributed by atoms with Crippen molar-refractivity contribution in [2.45, 2.75) is 6.04 Å². The molecule has 0 heterocycles. The summed E-state index contributed by atoms with van der Waals surface area (Å²) in [6.45, 7) is 0.439. The van der Waals surface area contributed by atoms with Crippen molar-refractivity contribution >= 4 is 16.5 Å². The fraction of sp³-hybridized carbons (Fsp3) is 0.111. The molecular formula is C18H17FN2. The van der Waals surface area contributed by atoms with Crippen LogP contribution in [0.1, 0.15) is 11.6 Å². The van der Waals surface area contributed by atoms with Crippen LogP contribution in [0.3, 0.4) is 0 Å². The first-order valence-corrected chi connectivity index (χ1v) is 6.97. The lowest BCUT2D eigenvalue weighted by Crippen LogP contribution is -2.20. The summed E-state index contributed by atoms with van der Waals surface area (Å²) >= 11 is 0. The molecule has 0 amide bonds. The zero-order chi connectivity index (χ0) is 14.7. The van der Waals surface area contributed by atoms with Crippen LogP contribution in [-0.2, 0) is 0 Å². The van der Waals surface area contributed by atoms with E-state index >= 15 is 0 Å². The first-order chi connectivity index (χ1) is 10.3. The maximum absolute atomic E-state index is 13.3. The van der Waals surface area contributed by atoms with E-state index in [-0.39, 0.29) is 11.9 Å². The van der Waals surface area contributed by atoms with E-state index in [0.29, 0.717) is 6.54 Å². The lowest BCUT2D eigenvalue weighted by atomic mass is 10.0. The van der Waals surface area contributed by atoms with Gasteiger partial charge in [0.1, 0.15) is 5.82 Å². The Labute approximate surface area is 123 Å². The molecule has 0 spiro atoms. The van der Waals surface area contributed by atoms with E-state index in [9.17, 15) is 4.39 Å². The molecule has 1 unspecified atom stereocenters. The van der Waals surface area contributed by atoms with E-state index in [1.165, 1.54) is 22.9 Å². The molecule has 3 heteroatoms. The van der Waals surface area contributed by atoms with Gasteiger partial charge in [-0.2, -0.15) is 0 Å². The Balaban J connectivity index is 1.90. The Bertz CT molecular complexity index is 755. The molecule has 0 aliphatic carbocycles. The van der Waals surface area contributed by atoms with Gasteiger partial charge >= 0.3 is 0 Å². The van der Waals surface area contributed by atoms with Crippen molar-refractivity contribution in [3.05, 3.63) is 78.1 Å². The zero-order valence-electron chi connectivity index (χ0n) is 11.6. The number of rotatable bonds is 4. The van der Waals surface area contributed by atoms with Crippen LogP contribution >= 0.6 is 0 Å². The van der Waals surface area contributed by atoms with Gasteiger partial charge in [0, 0.05) is 12.2 Å². The molecule has 0 saturated carbocycles. The van der Waals surface area contributed by atoms with E-state index < -0.39 is 0 Å². The van der Waals surface area contributed by atoms with Crippen LogP contribution in [0.2, 0.25) is 0 Å². The van der Waals surface area contributed by atoms with Crippen LogP contribution in [0.25, 0.3) is 10.8 Å². The molecule has 0 fully saturated rings. The van der Waals surface area contributed by atoms with Crippen molar-refractivity contribution in [1.29, 1.82) is 0 Å². The highest BCUT2D eigenvalue weighted by molar-refractivity contribution is 5.83. The molecule has 0 aromatic heterocycles. The van der Waals surface area contributed by atoms with Gasteiger partial charge in [-0.25, -0.2) is 4.39 Å². The Kier molecular flexibility index (Phi) is 3.84. The van der Waals surface area contributed by atoms with Crippen LogP contribution in [-0.4, -0.2) is 6.54 Å². The van der Waals surface area contributed by atoms with Crippen LogP contribution in [0.5, 0.6) is 0 Å². The van der Waals surface area contributed by atoms with Crippen molar-refractivity contribution in [3.63, 3.8) is 0 Å². The number of halogens is 1. The maximum atomic E-state index is 13.3. The quantitative estimate of drug-likeness (QED) is 0.755. The van der Waals surface area contributed by atoms with Crippen molar-refractivity contribution in [2.75, 3.05) is 11.9 Å². The largest absolute Gasteiger partial charge is 0.377 e. The molecule has 3 aromatic rings. The van der Waals surface area contributed by atoms with Crippen molar-refractivity contribution in [1.82, 2.24) is 0 Å². The summed E-state index contributed by atoms with van der Waals surface area (Å²) in [5.74, 6) is -0.255. The molecule has 3 rings (SSSR count). The molecule has 0 radical (unpaired) electrons. The van der Waals surface area contributed by atoms with Gasteiger partial charge in [0.2, 0.25) is 0 Å². The molecule has 2 nitrogen and oxygen atoms in total. The number of nitrogens with one attached hydrogen (secondary N) is 1. The summed E-state index contributed by atoms with van der Waals surface area (Å²) < 4.78 is 13.3. The number of hydrogen-bond acceptors (Lipinski definition) is 2. The first-order valence-electron chi connectivity index (χ1n) is 6.97. The molecule has 0 saturated heterocycles. The third kappa shape index (κ3) is 3.03. The van der Waals surface area contributed by atoms with E-state index in [4.69, 9.17) is 5.73 Å². The summed E-state index contributed by atoms with van der Waals surface area (Å²) in [5, 5.41) is 5.66. The van der Waals surface area contributed by atoms with Crippen LogP contribution < -0.4 is 11.1 Å². The third-order valence-corrected chi connectivity index (χ3v) is 3.58. The molecule has 106 valence electrons. The van der Waals surface area contributed by atoms with Gasteiger partial charge in [0.15, 0.2) is 0 Å². The maximum Gasteiger partial charge on any atom is 0.125 e. The van der Waals surface area contributed by atoms with Gasteiger partial charge in [0.25, 0.3) is 0 Å². The predicted molar refractivity (Wildman–Crippen MR) is 85.8 cm³/mol. The number of benzene rings is 3. The summed E-state index contributed by atoms with van der Waals surface area (Å²) in [6, 6.07) is 20.9. The van der Waals surface area contributed by atoms with E-state index in [1.54, 1.807) is 6.07 Å². The Morgan fingerprint density at radius 2 is 1.71 bits per heavy atom. The summed E-state index contributed by atoms with van der Waals surface area (Å²) in [4.78, 5) is 0. The van der Waals surface area contributed by atoms with Gasteiger partial charge in [0.05, 0.1) is 6.04 Å². The Morgan fingerprint density at radius 3 is 2.48 bits per heavy atom. The minimum atomic E-state index is -0.255. The summed E-state index contributed by atoms with van der Waals surface area (Å²) in [7, 11) is 0. The van der Waals surface area contributed by atoms with Crippen molar-refractivity contribution in [3.8, 4) is 0 Å². The van der Waals surface area contributed by atoms with Crippen LogP contribution in [0.4, 0.5) is 10.1 Å². The lowest BCUT2D eigenvalue weighted by Gasteiger charge is -2.19. The molecule has 0 bridgehead atoms. The fourth-order valence-corrected chi connectivity index (χ4v) is 2.48. The highest BCUT2D eigenvalue weighted by atomic mass is 19.1. The summed E-state index contributed by atoms with van der Waals surface area (Å²) in [6.07, 6.45) is 0. The van der Waals surface area contributed by atoms with Gasteiger partial charge in [-0.15, -0.1) is 0 Å². The van der Waals surface area contributed by atoms with Crippen LogP contribution in [0, 0.1) is 5.82 Å². The van der Waals surface area contributed by atoms with Crippen molar-refractivity contribution < 1.29 is 4.39 Å². The second-order valence-electron chi connectivity index (χ2n) is 5.05. The molecule has 1 atom stereocenters. The smallest absolute Gasteiger partial charge is 0.125 e. The molecule has 21 heavy (non-hydrogen) atoms. The topological polar surface area (TPSA) is 38.0 Å². The minimum absolute atomic E-state index is 0.0450. The van der Waals surface area contributed by atoms with Gasteiger partial charge in [-0.1, -0.05) is 42.5 Å². The van der Waals surface area contributed by atoms with Gasteiger partial charge in [-0.3, -0.25) is 0 Å². The zero-order valence-corrected chi connectivity index (χ0v) is 11.6. The SMILES string of the molecule is NCC(Nc1cccc(F)c1)c1ccc2ccccc2c1. The Hall–Kier alpha value is -2.39. The average molecular weight is 280 g/mol. The van der Waals surface area contributed by atoms with E-state index in [1.807, 2.05) is 18.2 Å². The molecule has 0 aliphatic heterocycles. The lowest BCUT2D eigenvalue weighted by molar-refractivity contribution is 0.627. The number of hydrogen-bond donors (Lipinski definition) is 2. The fourth-order valence-electron chi connectivity index (χ4n) is 2.48. The van der Waals surface area contributed by atoms with E-state index in [2.05, 4.69) is 35.6 Å². The second kappa shape index (κ2) is 5.94. The number of anilines is 1. The average Bonchev–Trinajstić information content (AvgIpc) is 2.52. The third-order valence-electron chi connectivity index (χ3n) is 3.58. The van der Waals surface area contributed by atoms with Crippen molar-refractivity contribution in [2.24, 2.45) is 5.73 Å². The molecular weight excluding hydrogens is 263 g/mol.